The van der Waals surface area contributed by atoms with E-state index in [4.69, 9.17) is 4.74 Å². The van der Waals surface area contributed by atoms with E-state index in [-0.39, 0.29) is 11.2 Å². The van der Waals surface area contributed by atoms with E-state index in [9.17, 15) is 9.70 Å². The highest BCUT2D eigenvalue weighted by atomic mass is 16.5. The number of nitrogens with zero attached hydrogens (tertiary/aromatic N) is 2. The van der Waals surface area contributed by atoms with Gasteiger partial charge in [0, 0.05) is 5.56 Å². The Labute approximate surface area is 125 Å². The molecule has 4 rings (SSSR count). The van der Waals surface area contributed by atoms with Crippen molar-refractivity contribution in [3.8, 4) is 22.8 Å². The van der Waals surface area contributed by atoms with Gasteiger partial charge in [-0.3, -0.25) is 4.79 Å². The van der Waals surface area contributed by atoms with E-state index in [1.807, 2.05) is 0 Å². The van der Waals surface area contributed by atoms with Crippen molar-refractivity contribution < 1.29 is 4.74 Å². The normalized spacial score (nSPS) is 10.9. The Kier molecular flexibility index (Phi) is 3.27. The van der Waals surface area contributed by atoms with Crippen molar-refractivity contribution in [2.45, 2.75) is 0 Å². The van der Waals surface area contributed by atoms with E-state index in [0.717, 1.165) is 0 Å². The average Bonchev–Trinajstić information content (AvgIpc) is 2.59. The van der Waals surface area contributed by atoms with Crippen LogP contribution >= 0.6 is 0 Å². The van der Waals surface area contributed by atoms with E-state index < -0.39 is 0 Å². The summed E-state index contributed by atoms with van der Waals surface area (Å²) in [5.74, 6) is 1.16. The molecule has 6 heteroatoms. The molecule has 3 aromatic rings. The highest BCUT2D eigenvalue weighted by molar-refractivity contribution is 6.01. The average molecular weight is 293 g/mol. The molecule has 0 spiro atoms. The summed E-state index contributed by atoms with van der Waals surface area (Å²) < 4.78 is 5.77. The summed E-state index contributed by atoms with van der Waals surface area (Å²) in [6.07, 6.45) is 0. The Morgan fingerprint density at radius 1 is 1.14 bits per heavy atom. The molecule has 2 aromatic carbocycles. The second kappa shape index (κ2) is 5.25. The largest absolute Gasteiger partial charge is 0.456 e. The van der Waals surface area contributed by atoms with Gasteiger partial charge in [0.2, 0.25) is 0 Å². The predicted octanol–water partition coefficient (Wildman–Crippen LogP) is 3.90. The molecule has 22 heavy (non-hydrogen) atoms. The summed E-state index contributed by atoms with van der Waals surface area (Å²) in [4.78, 5) is 22.5. The zero-order valence-electron chi connectivity index (χ0n) is 11.5. The number of rotatable bonds is 1. The molecule has 0 saturated heterocycles. The minimum absolute atomic E-state index is 0.276. The van der Waals surface area contributed by atoms with E-state index >= 15 is 0 Å². The van der Waals surface area contributed by atoms with Gasteiger partial charge in [0.05, 0.1) is 10.8 Å². The number of aromatic nitrogens is 2. The molecule has 0 saturated carbocycles. The van der Waals surface area contributed by atoms with Crippen LogP contribution in [-0.2, 0) is 0 Å². The van der Waals surface area contributed by atoms with Crippen LogP contribution in [0.4, 0.5) is 5.69 Å². The fourth-order valence-corrected chi connectivity index (χ4v) is 2.43. The van der Waals surface area contributed by atoms with Crippen LogP contribution in [0.3, 0.4) is 0 Å². The quantitative estimate of drug-likeness (QED) is 0.426. The van der Waals surface area contributed by atoms with Gasteiger partial charge in [-0.05, 0) is 35.5 Å². The van der Waals surface area contributed by atoms with Gasteiger partial charge in [-0.25, -0.2) is 5.10 Å². The van der Waals surface area contributed by atoms with Crippen LogP contribution in [0.15, 0.2) is 59.5 Å². The highest BCUT2D eigenvalue weighted by Gasteiger charge is 2.22. The summed E-state index contributed by atoms with van der Waals surface area (Å²) in [6.45, 7) is 6.00. The minimum Gasteiger partial charge on any atom is -0.456 e. The number of hydrogen-bond acceptors (Lipinski definition) is 5. The van der Waals surface area contributed by atoms with E-state index in [0.29, 0.717) is 33.5 Å². The number of aromatic amines is 1. The number of nitrogens with one attached hydrogen (secondary N) is 1. The molecule has 0 fully saturated rings. The van der Waals surface area contributed by atoms with Gasteiger partial charge in [-0.2, -0.15) is 5.10 Å². The summed E-state index contributed by atoms with van der Waals surface area (Å²) in [7, 11) is 0. The maximum absolute atomic E-state index is 11.8. The van der Waals surface area contributed by atoms with E-state index in [2.05, 4.69) is 28.5 Å². The lowest BCUT2D eigenvalue weighted by molar-refractivity contribution is 0.486. The van der Waals surface area contributed by atoms with Gasteiger partial charge in [0.25, 0.3) is 5.56 Å². The highest BCUT2D eigenvalue weighted by Crippen LogP contribution is 2.45. The summed E-state index contributed by atoms with van der Waals surface area (Å²) in [5, 5.41) is 10.6. The van der Waals surface area contributed by atoms with Gasteiger partial charge in [-0.1, -0.05) is 6.07 Å². The third-order valence-electron chi connectivity index (χ3n) is 3.32. The van der Waals surface area contributed by atoms with Crippen LogP contribution < -0.4 is 10.3 Å². The monoisotopic (exact) mass is 293 g/mol. The maximum Gasteiger partial charge on any atom is 0.272 e. The Morgan fingerprint density at radius 2 is 1.95 bits per heavy atom. The molecule has 1 aliphatic heterocycles. The van der Waals surface area contributed by atoms with Crippen LogP contribution in [0, 0.1) is 4.91 Å². The Morgan fingerprint density at radius 3 is 2.73 bits per heavy atom. The summed E-state index contributed by atoms with van der Waals surface area (Å²) in [6, 6.07) is 10.1. The molecule has 2 heterocycles. The lowest BCUT2D eigenvalue weighted by Crippen LogP contribution is -2.11. The van der Waals surface area contributed by atoms with E-state index in [1.165, 1.54) is 0 Å². The van der Waals surface area contributed by atoms with Gasteiger partial charge in [0.15, 0.2) is 0 Å². The third kappa shape index (κ3) is 1.89. The maximum atomic E-state index is 11.8. The van der Waals surface area contributed by atoms with Crippen molar-refractivity contribution >= 4 is 16.5 Å². The zero-order chi connectivity index (χ0) is 15.7. The first-order chi connectivity index (χ1) is 10.8. The SMILES string of the molecule is C=C.O=Nc1ccc2c(c1)-c1n[nH]c(=O)c3cccc(c13)O2. The van der Waals surface area contributed by atoms with Crippen molar-refractivity contribution in [1.29, 1.82) is 0 Å². The first-order valence-corrected chi connectivity index (χ1v) is 6.45. The molecular formula is C16H11N3O3. The van der Waals surface area contributed by atoms with Crippen molar-refractivity contribution in [3.05, 3.63) is 64.8 Å². The van der Waals surface area contributed by atoms with E-state index in [1.54, 1.807) is 36.4 Å². The zero-order valence-corrected chi connectivity index (χ0v) is 11.5. The Bertz CT molecular complexity index is 947. The minimum atomic E-state index is -0.276. The first kappa shape index (κ1) is 13.7. The molecule has 0 amide bonds. The Hall–Kier alpha value is -3.28. The number of benzene rings is 2. The molecule has 1 aromatic heterocycles. The van der Waals surface area contributed by atoms with Crippen molar-refractivity contribution in [1.82, 2.24) is 10.2 Å². The second-order valence-electron chi connectivity index (χ2n) is 4.45. The molecular weight excluding hydrogens is 282 g/mol. The molecule has 1 N–H and O–H groups in total. The summed E-state index contributed by atoms with van der Waals surface area (Å²) >= 11 is 0. The Balaban J connectivity index is 0.000000693. The van der Waals surface area contributed by atoms with Crippen LogP contribution in [-0.4, -0.2) is 10.2 Å². The van der Waals surface area contributed by atoms with Gasteiger partial charge in [0.1, 0.15) is 22.9 Å². The number of fused-ring (bicyclic) bond motifs is 2. The van der Waals surface area contributed by atoms with Gasteiger partial charge < -0.3 is 4.74 Å². The molecule has 108 valence electrons. The number of nitroso groups, excluding NO2 is 1. The predicted molar refractivity (Wildman–Crippen MR) is 84.6 cm³/mol. The lowest BCUT2D eigenvalue weighted by Gasteiger charge is -2.19. The molecule has 0 unspecified atom stereocenters. The molecule has 0 aliphatic carbocycles. The standard InChI is InChI=1S/C14H7N3O3.C2H4/c18-14-8-2-1-3-11-12(8)13(15-16-14)9-6-7(17-19)4-5-10(9)20-11;1-2/h1-6H,(H,16,18);1-2H2. The first-order valence-electron chi connectivity index (χ1n) is 6.45. The van der Waals surface area contributed by atoms with Crippen molar-refractivity contribution in [3.63, 3.8) is 0 Å². The van der Waals surface area contributed by atoms with Crippen LogP contribution in [0.5, 0.6) is 11.5 Å². The molecule has 0 radical (unpaired) electrons. The van der Waals surface area contributed by atoms with Crippen LogP contribution in [0.25, 0.3) is 22.0 Å². The smallest absolute Gasteiger partial charge is 0.272 e. The lowest BCUT2D eigenvalue weighted by atomic mass is 10.0. The second-order valence-corrected chi connectivity index (χ2v) is 4.45. The van der Waals surface area contributed by atoms with Gasteiger partial charge >= 0.3 is 0 Å². The molecule has 0 atom stereocenters. The number of ether oxygens (including phenoxy) is 1. The van der Waals surface area contributed by atoms with Crippen LogP contribution in [0.1, 0.15) is 0 Å². The van der Waals surface area contributed by atoms with Crippen LogP contribution in [0.2, 0.25) is 0 Å². The molecule has 1 aliphatic rings. The van der Waals surface area contributed by atoms with Crippen molar-refractivity contribution in [2.75, 3.05) is 0 Å². The fourth-order valence-electron chi connectivity index (χ4n) is 2.43. The molecule has 6 nitrogen and oxygen atoms in total. The fraction of sp³-hybridized carbons (Fsp3) is 0. The number of H-pyrrole nitrogens is 1. The van der Waals surface area contributed by atoms with Gasteiger partial charge in [-0.15, -0.1) is 18.1 Å². The topological polar surface area (TPSA) is 84.4 Å². The summed E-state index contributed by atoms with van der Waals surface area (Å²) in [5.41, 5.74) is 1.24. The number of hydrogen-bond donors (Lipinski definition) is 1. The van der Waals surface area contributed by atoms with Crippen molar-refractivity contribution in [2.24, 2.45) is 5.18 Å². The third-order valence-corrected chi connectivity index (χ3v) is 3.32. The molecule has 0 bridgehead atoms.